The monoisotopic (exact) mass is 384 g/mol. The Labute approximate surface area is 163 Å². The first kappa shape index (κ1) is 19.5. The molecular weight excluding hydrogens is 360 g/mol. The van der Waals surface area contributed by atoms with E-state index in [-0.39, 0.29) is 30.8 Å². The topological polar surface area (TPSA) is 104 Å². The summed E-state index contributed by atoms with van der Waals surface area (Å²) in [5.41, 5.74) is 1.16. The Bertz CT molecular complexity index is 850. The molecule has 1 aromatic heterocycles. The Kier molecular flexibility index (Phi) is 5.98. The van der Waals surface area contributed by atoms with Gasteiger partial charge in [0.1, 0.15) is 18.3 Å². The summed E-state index contributed by atoms with van der Waals surface area (Å²) < 4.78 is 5.22. The van der Waals surface area contributed by atoms with Crippen LogP contribution in [-0.2, 0) is 16.1 Å². The van der Waals surface area contributed by atoms with E-state index in [2.05, 4.69) is 16.0 Å². The Morgan fingerprint density at radius 3 is 2.75 bits per heavy atom. The minimum absolute atomic E-state index is 0.0885. The van der Waals surface area contributed by atoms with Crippen LogP contribution in [0.3, 0.4) is 0 Å². The molecule has 4 amide bonds. The van der Waals surface area contributed by atoms with Gasteiger partial charge in [0.2, 0.25) is 11.8 Å². The van der Waals surface area contributed by atoms with Crippen LogP contribution in [0.25, 0.3) is 0 Å². The molecule has 1 aromatic carbocycles. The van der Waals surface area contributed by atoms with Crippen LogP contribution in [0.2, 0.25) is 0 Å². The maximum absolute atomic E-state index is 12.9. The lowest BCUT2D eigenvalue weighted by molar-refractivity contribution is -0.124. The number of amides is 4. The van der Waals surface area contributed by atoms with Gasteiger partial charge in [-0.15, -0.1) is 0 Å². The molecule has 0 bridgehead atoms. The van der Waals surface area contributed by atoms with E-state index in [1.807, 2.05) is 13.8 Å². The van der Waals surface area contributed by atoms with Crippen molar-refractivity contribution in [3.63, 3.8) is 0 Å². The number of carbonyl (C=O) groups excluding carboxylic acids is 3. The number of nitrogens with one attached hydrogen (secondary N) is 3. The molecule has 0 aliphatic carbocycles. The van der Waals surface area contributed by atoms with Gasteiger partial charge < -0.3 is 20.4 Å². The molecule has 2 heterocycles. The molecular formula is C20H24N4O4. The maximum atomic E-state index is 12.9. The van der Waals surface area contributed by atoms with Gasteiger partial charge in [0.05, 0.1) is 24.2 Å². The lowest BCUT2D eigenvalue weighted by Crippen LogP contribution is -2.55. The summed E-state index contributed by atoms with van der Waals surface area (Å²) in [6, 6.07) is 9.35. The van der Waals surface area contributed by atoms with Crippen LogP contribution in [0.1, 0.15) is 26.0 Å². The first-order valence-electron chi connectivity index (χ1n) is 9.26. The summed E-state index contributed by atoms with van der Waals surface area (Å²) in [5, 5.41) is 8.32. The average molecular weight is 384 g/mol. The lowest BCUT2D eigenvalue weighted by Gasteiger charge is -2.31. The van der Waals surface area contributed by atoms with Crippen molar-refractivity contribution in [1.82, 2.24) is 10.6 Å². The molecule has 28 heavy (non-hydrogen) atoms. The second kappa shape index (κ2) is 8.60. The Balaban J connectivity index is 1.72. The predicted molar refractivity (Wildman–Crippen MR) is 105 cm³/mol. The van der Waals surface area contributed by atoms with Crippen LogP contribution >= 0.6 is 0 Å². The zero-order valence-electron chi connectivity index (χ0n) is 15.9. The van der Waals surface area contributed by atoms with E-state index in [9.17, 15) is 14.4 Å². The zero-order chi connectivity index (χ0) is 20.1. The fourth-order valence-corrected chi connectivity index (χ4v) is 3.02. The summed E-state index contributed by atoms with van der Waals surface area (Å²) in [5.74, 6) is -0.0383. The molecule has 0 radical (unpaired) electrons. The van der Waals surface area contributed by atoms with Gasteiger partial charge in [0.25, 0.3) is 0 Å². The van der Waals surface area contributed by atoms with Crippen molar-refractivity contribution in [2.45, 2.75) is 32.9 Å². The number of hydrogen-bond acceptors (Lipinski definition) is 4. The Hall–Kier alpha value is -3.29. The van der Waals surface area contributed by atoms with E-state index in [0.29, 0.717) is 23.6 Å². The fraction of sp³-hybridized carbons (Fsp3) is 0.350. The van der Waals surface area contributed by atoms with Crippen LogP contribution < -0.4 is 20.9 Å². The molecule has 8 nitrogen and oxygen atoms in total. The normalized spacial score (nSPS) is 15.2. The van der Waals surface area contributed by atoms with Gasteiger partial charge in [-0.05, 0) is 30.2 Å². The van der Waals surface area contributed by atoms with Gasteiger partial charge in [0.15, 0.2) is 0 Å². The van der Waals surface area contributed by atoms with E-state index < -0.39 is 12.1 Å². The highest BCUT2D eigenvalue weighted by atomic mass is 16.3. The Morgan fingerprint density at radius 1 is 1.25 bits per heavy atom. The minimum atomic E-state index is -0.732. The highest BCUT2D eigenvalue weighted by Gasteiger charge is 2.31. The van der Waals surface area contributed by atoms with Gasteiger partial charge in [0, 0.05) is 0 Å². The number of anilines is 2. The minimum Gasteiger partial charge on any atom is -0.467 e. The van der Waals surface area contributed by atoms with Crippen molar-refractivity contribution in [2.75, 3.05) is 16.8 Å². The van der Waals surface area contributed by atoms with Crippen molar-refractivity contribution < 1.29 is 18.8 Å². The first-order valence-corrected chi connectivity index (χ1v) is 9.26. The SMILES string of the molecule is CC[C@H](C)[C@H](NC(=O)N1CC(=O)Nc2ccccc21)C(=O)NCc1ccco1. The van der Waals surface area contributed by atoms with Crippen molar-refractivity contribution >= 4 is 29.2 Å². The molecule has 0 saturated heterocycles. The molecule has 0 saturated carbocycles. The van der Waals surface area contributed by atoms with Crippen LogP contribution in [0.5, 0.6) is 0 Å². The number of hydrogen-bond donors (Lipinski definition) is 3. The average Bonchev–Trinajstić information content (AvgIpc) is 3.22. The molecule has 1 aliphatic heterocycles. The molecule has 0 spiro atoms. The standard InChI is InChI=1S/C20H24N4O4/c1-3-13(2)18(19(26)21-11-14-7-6-10-28-14)23-20(27)24-12-17(25)22-15-8-4-5-9-16(15)24/h4-10,13,18H,3,11-12H2,1-2H3,(H,21,26)(H,22,25)(H,23,27)/t13-,18-/m0/s1. The maximum Gasteiger partial charge on any atom is 0.323 e. The summed E-state index contributed by atoms with van der Waals surface area (Å²) in [4.78, 5) is 38.9. The number of rotatable bonds is 6. The molecule has 148 valence electrons. The first-order chi connectivity index (χ1) is 13.5. The van der Waals surface area contributed by atoms with Gasteiger partial charge in [-0.2, -0.15) is 0 Å². The van der Waals surface area contributed by atoms with Crippen LogP contribution in [0.15, 0.2) is 47.1 Å². The quantitative estimate of drug-likeness (QED) is 0.712. The number of benzene rings is 1. The van der Waals surface area contributed by atoms with Crippen LogP contribution in [0, 0.1) is 5.92 Å². The van der Waals surface area contributed by atoms with Gasteiger partial charge in [-0.3, -0.25) is 14.5 Å². The number of fused-ring (bicyclic) bond motifs is 1. The Morgan fingerprint density at radius 2 is 2.04 bits per heavy atom. The summed E-state index contributed by atoms with van der Waals surface area (Å²) in [7, 11) is 0. The fourth-order valence-electron chi connectivity index (χ4n) is 3.02. The summed E-state index contributed by atoms with van der Waals surface area (Å²) >= 11 is 0. The smallest absolute Gasteiger partial charge is 0.323 e. The predicted octanol–water partition coefficient (Wildman–Crippen LogP) is 2.48. The number of carbonyl (C=O) groups is 3. The highest BCUT2D eigenvalue weighted by Crippen LogP contribution is 2.29. The highest BCUT2D eigenvalue weighted by molar-refractivity contribution is 6.10. The molecule has 8 heteroatoms. The largest absolute Gasteiger partial charge is 0.467 e. The van der Waals surface area contributed by atoms with Crippen LogP contribution in [0.4, 0.5) is 16.2 Å². The van der Waals surface area contributed by atoms with E-state index in [4.69, 9.17) is 4.42 Å². The number of para-hydroxylation sites is 2. The molecule has 2 aromatic rings. The van der Waals surface area contributed by atoms with Gasteiger partial charge >= 0.3 is 6.03 Å². The van der Waals surface area contributed by atoms with Gasteiger partial charge in [-0.1, -0.05) is 32.4 Å². The summed E-state index contributed by atoms with van der Waals surface area (Å²) in [6.45, 7) is 3.98. The third kappa shape index (κ3) is 4.33. The second-order valence-corrected chi connectivity index (χ2v) is 6.76. The van der Waals surface area contributed by atoms with E-state index in [1.54, 1.807) is 36.4 Å². The molecule has 0 fully saturated rings. The third-order valence-corrected chi connectivity index (χ3v) is 4.81. The molecule has 3 rings (SSSR count). The van der Waals surface area contributed by atoms with Crippen molar-refractivity contribution in [2.24, 2.45) is 5.92 Å². The van der Waals surface area contributed by atoms with Crippen molar-refractivity contribution in [3.05, 3.63) is 48.4 Å². The molecule has 1 aliphatic rings. The second-order valence-electron chi connectivity index (χ2n) is 6.76. The number of furan rings is 1. The molecule has 0 unspecified atom stereocenters. The van der Waals surface area contributed by atoms with E-state index in [0.717, 1.165) is 0 Å². The molecule has 3 N–H and O–H groups in total. The number of urea groups is 1. The zero-order valence-corrected chi connectivity index (χ0v) is 15.9. The van der Waals surface area contributed by atoms with E-state index >= 15 is 0 Å². The van der Waals surface area contributed by atoms with E-state index in [1.165, 1.54) is 11.2 Å². The third-order valence-electron chi connectivity index (χ3n) is 4.81. The van der Waals surface area contributed by atoms with Crippen molar-refractivity contribution in [1.29, 1.82) is 0 Å². The number of nitrogens with zero attached hydrogens (tertiary/aromatic N) is 1. The summed E-state index contributed by atoms with van der Waals surface area (Å²) in [6.07, 6.45) is 2.24. The van der Waals surface area contributed by atoms with Gasteiger partial charge in [-0.25, -0.2) is 4.79 Å². The lowest BCUT2D eigenvalue weighted by atomic mass is 9.98. The van der Waals surface area contributed by atoms with Crippen molar-refractivity contribution in [3.8, 4) is 0 Å². The van der Waals surface area contributed by atoms with Crippen LogP contribution in [-0.4, -0.2) is 30.4 Å². The molecule has 2 atom stereocenters.